The van der Waals surface area contributed by atoms with E-state index in [9.17, 15) is 14.4 Å². The second kappa shape index (κ2) is 5.37. The maximum Gasteiger partial charge on any atom is 0.355 e. The zero-order chi connectivity index (χ0) is 14.9. The van der Waals surface area contributed by atoms with E-state index in [-0.39, 0.29) is 5.76 Å². The minimum atomic E-state index is -4.42. The maximum absolute atomic E-state index is 11.8. The Labute approximate surface area is 121 Å². The number of anilines is 1. The number of nitrogens with one attached hydrogen (secondary N) is 1. The van der Waals surface area contributed by atoms with Crippen LogP contribution in [0.1, 0.15) is 11.5 Å². The van der Waals surface area contributed by atoms with Crippen LogP contribution < -0.4 is 5.32 Å². The van der Waals surface area contributed by atoms with E-state index in [1.54, 1.807) is 36.4 Å². The maximum atomic E-state index is 11.8. The number of furan rings is 1. The van der Waals surface area contributed by atoms with Gasteiger partial charge in [0.15, 0.2) is 5.78 Å². The molecule has 0 bridgehead atoms. The predicted molar refractivity (Wildman–Crippen MR) is 81.1 cm³/mol. The third kappa shape index (κ3) is 3.00. The third-order valence-corrected chi connectivity index (χ3v) is 4.18. The molecule has 2 aromatic carbocycles. The molecular weight excluding hydrogens is 289 g/mol. The van der Waals surface area contributed by atoms with Crippen LogP contribution >= 0.6 is 7.60 Å². The van der Waals surface area contributed by atoms with Gasteiger partial charge in [-0.2, -0.15) is 0 Å². The van der Waals surface area contributed by atoms with Gasteiger partial charge in [-0.3, -0.25) is 4.57 Å². The van der Waals surface area contributed by atoms with Crippen LogP contribution in [-0.2, 0) is 4.57 Å². The van der Waals surface area contributed by atoms with E-state index in [2.05, 4.69) is 5.32 Å². The van der Waals surface area contributed by atoms with Crippen LogP contribution in [0.15, 0.2) is 65.1 Å². The SMILES string of the molecule is O=P(O)(O)C(Nc1ccccc1)c1cc2ccccc2o1. The van der Waals surface area contributed by atoms with E-state index < -0.39 is 13.4 Å². The molecule has 1 unspecified atom stereocenters. The fraction of sp³-hybridized carbons (Fsp3) is 0.0667. The Morgan fingerprint density at radius 2 is 1.67 bits per heavy atom. The van der Waals surface area contributed by atoms with Crippen LogP contribution in [0, 0.1) is 0 Å². The van der Waals surface area contributed by atoms with Crippen LogP contribution in [-0.4, -0.2) is 9.79 Å². The topological polar surface area (TPSA) is 82.7 Å². The van der Waals surface area contributed by atoms with Crippen molar-refractivity contribution < 1.29 is 18.8 Å². The fourth-order valence-electron chi connectivity index (χ4n) is 2.15. The first kappa shape index (κ1) is 13.9. The summed E-state index contributed by atoms with van der Waals surface area (Å²) in [6, 6.07) is 17.8. The monoisotopic (exact) mass is 303 g/mol. The van der Waals surface area contributed by atoms with E-state index in [0.717, 1.165) is 5.39 Å². The number of hydrogen-bond acceptors (Lipinski definition) is 3. The van der Waals surface area contributed by atoms with Crippen LogP contribution in [0.2, 0.25) is 0 Å². The van der Waals surface area contributed by atoms with Crippen molar-refractivity contribution in [1.29, 1.82) is 0 Å². The zero-order valence-electron chi connectivity index (χ0n) is 11.0. The fourth-order valence-corrected chi connectivity index (χ4v) is 2.93. The van der Waals surface area contributed by atoms with Gasteiger partial charge < -0.3 is 19.5 Å². The van der Waals surface area contributed by atoms with Crippen LogP contribution in [0.25, 0.3) is 11.0 Å². The van der Waals surface area contributed by atoms with Crippen molar-refractivity contribution >= 4 is 24.3 Å². The van der Waals surface area contributed by atoms with Crippen molar-refractivity contribution in [3.8, 4) is 0 Å². The van der Waals surface area contributed by atoms with Gasteiger partial charge in [-0.25, -0.2) is 0 Å². The average molecular weight is 303 g/mol. The lowest BCUT2D eigenvalue weighted by Gasteiger charge is -2.18. The number of rotatable bonds is 4. The highest BCUT2D eigenvalue weighted by Gasteiger charge is 2.33. The summed E-state index contributed by atoms with van der Waals surface area (Å²) in [4.78, 5) is 19.2. The predicted octanol–water partition coefficient (Wildman–Crippen LogP) is 3.72. The number of benzene rings is 2. The summed E-state index contributed by atoms with van der Waals surface area (Å²) in [6.07, 6.45) is 0. The highest BCUT2D eigenvalue weighted by Crippen LogP contribution is 2.52. The molecule has 0 aliphatic carbocycles. The van der Waals surface area contributed by atoms with Crippen molar-refractivity contribution in [2.24, 2.45) is 0 Å². The van der Waals surface area contributed by atoms with Gasteiger partial charge in [-0.15, -0.1) is 0 Å². The molecule has 1 atom stereocenters. The Hall–Kier alpha value is -2.07. The Morgan fingerprint density at radius 3 is 2.33 bits per heavy atom. The van der Waals surface area contributed by atoms with Gasteiger partial charge >= 0.3 is 7.60 Å². The molecule has 3 aromatic rings. The lowest BCUT2D eigenvalue weighted by molar-refractivity contribution is 0.355. The molecule has 3 N–H and O–H groups in total. The summed E-state index contributed by atoms with van der Waals surface area (Å²) in [5.74, 6) is -0.999. The van der Waals surface area contributed by atoms with Gasteiger partial charge in [0.1, 0.15) is 11.3 Å². The minimum Gasteiger partial charge on any atom is -0.458 e. The van der Waals surface area contributed by atoms with Crippen LogP contribution in [0.5, 0.6) is 0 Å². The highest BCUT2D eigenvalue weighted by atomic mass is 31.2. The second-order valence-corrected chi connectivity index (χ2v) is 6.38. The smallest absolute Gasteiger partial charge is 0.355 e. The molecule has 1 aromatic heterocycles. The Morgan fingerprint density at radius 1 is 1.00 bits per heavy atom. The molecule has 3 rings (SSSR count). The molecule has 6 heteroatoms. The quantitative estimate of drug-likeness (QED) is 0.640. The number of fused-ring (bicyclic) bond motifs is 1. The molecule has 0 aliphatic rings. The van der Waals surface area contributed by atoms with Gasteiger partial charge in [0.05, 0.1) is 0 Å². The molecule has 0 fully saturated rings. The lowest BCUT2D eigenvalue weighted by Crippen LogP contribution is -2.10. The molecule has 0 spiro atoms. The summed E-state index contributed by atoms with van der Waals surface area (Å²) < 4.78 is 17.4. The number of hydrogen-bond donors (Lipinski definition) is 3. The molecule has 0 aliphatic heterocycles. The molecule has 108 valence electrons. The summed E-state index contributed by atoms with van der Waals surface area (Å²) in [5, 5.41) is 3.65. The van der Waals surface area contributed by atoms with Crippen molar-refractivity contribution in [2.45, 2.75) is 5.78 Å². The van der Waals surface area contributed by atoms with Crippen molar-refractivity contribution in [2.75, 3.05) is 5.32 Å². The van der Waals surface area contributed by atoms with Gasteiger partial charge in [0.2, 0.25) is 0 Å². The Kier molecular flexibility index (Phi) is 3.55. The van der Waals surface area contributed by atoms with Crippen molar-refractivity contribution in [3.05, 3.63) is 66.4 Å². The first-order valence-corrected chi connectivity index (χ1v) is 8.07. The van der Waals surface area contributed by atoms with Crippen LogP contribution in [0.4, 0.5) is 5.69 Å². The zero-order valence-corrected chi connectivity index (χ0v) is 11.9. The number of para-hydroxylation sites is 2. The van der Waals surface area contributed by atoms with E-state index in [4.69, 9.17) is 4.42 Å². The normalized spacial score (nSPS) is 13.2. The minimum absolute atomic E-state index is 0.216. The first-order valence-electron chi connectivity index (χ1n) is 6.39. The molecule has 0 saturated carbocycles. The van der Waals surface area contributed by atoms with Gasteiger partial charge in [0.25, 0.3) is 0 Å². The van der Waals surface area contributed by atoms with E-state index in [1.807, 2.05) is 24.3 Å². The summed E-state index contributed by atoms with van der Waals surface area (Å²) in [6.45, 7) is 0. The molecule has 0 saturated heterocycles. The molecule has 21 heavy (non-hydrogen) atoms. The van der Waals surface area contributed by atoms with Crippen LogP contribution in [0.3, 0.4) is 0 Å². The summed E-state index contributed by atoms with van der Waals surface area (Å²) in [7, 11) is -4.42. The molecule has 1 heterocycles. The van der Waals surface area contributed by atoms with E-state index >= 15 is 0 Å². The van der Waals surface area contributed by atoms with E-state index in [1.165, 1.54) is 0 Å². The molecule has 0 amide bonds. The lowest BCUT2D eigenvalue weighted by atomic mass is 10.2. The van der Waals surface area contributed by atoms with Crippen molar-refractivity contribution in [1.82, 2.24) is 0 Å². The van der Waals surface area contributed by atoms with Gasteiger partial charge in [0, 0.05) is 11.1 Å². The van der Waals surface area contributed by atoms with Crippen molar-refractivity contribution in [3.63, 3.8) is 0 Å². The third-order valence-electron chi connectivity index (χ3n) is 3.13. The highest BCUT2D eigenvalue weighted by molar-refractivity contribution is 7.52. The van der Waals surface area contributed by atoms with Gasteiger partial charge in [-0.05, 0) is 24.3 Å². The standard InChI is InChI=1S/C15H14NO4P/c17-21(18,19)15(16-12-7-2-1-3-8-12)14-10-11-6-4-5-9-13(11)20-14/h1-10,15-16H,(H2,17,18,19). The Bertz CT molecular complexity index is 761. The Balaban J connectivity index is 2.01. The summed E-state index contributed by atoms with van der Waals surface area (Å²) >= 11 is 0. The van der Waals surface area contributed by atoms with E-state index in [0.29, 0.717) is 11.3 Å². The largest absolute Gasteiger partial charge is 0.458 e. The summed E-state index contributed by atoms with van der Waals surface area (Å²) in [5.41, 5.74) is 1.21. The van der Waals surface area contributed by atoms with Gasteiger partial charge in [-0.1, -0.05) is 36.4 Å². The molecule has 5 nitrogen and oxygen atoms in total. The first-order chi connectivity index (χ1) is 10.0. The average Bonchev–Trinajstić information content (AvgIpc) is 2.88. The molecule has 0 radical (unpaired) electrons. The molecular formula is C15H14NO4P. The second-order valence-electron chi connectivity index (χ2n) is 4.69.